The Kier molecular flexibility index (Phi) is 2.52. The third kappa shape index (κ3) is 1.89. The second-order valence-corrected chi connectivity index (χ2v) is 7.23. The van der Waals surface area contributed by atoms with Gasteiger partial charge in [-0.05, 0) is 19.3 Å². The van der Waals surface area contributed by atoms with Crippen LogP contribution in [0.4, 0.5) is 0 Å². The third-order valence-corrected chi connectivity index (χ3v) is 5.85. The molecule has 5 nitrogen and oxygen atoms in total. The number of rotatable bonds is 1. The first-order chi connectivity index (χ1) is 8.06. The lowest BCUT2D eigenvalue weighted by molar-refractivity contribution is 0.130. The average molecular weight is 256 g/mol. The number of hydrogen-bond acceptors (Lipinski definition) is 4. The van der Waals surface area contributed by atoms with E-state index in [4.69, 9.17) is 0 Å². The normalized spacial score (nSPS) is 31.4. The standard InChI is InChI=1S/C11H16N2O3S/c14-8-3-4-11-12-9(7-13(11)6-8)10-2-1-5-17(10,15)16/h7-8,10,14H,1-6H2. The molecular weight excluding hydrogens is 240 g/mol. The summed E-state index contributed by atoms with van der Waals surface area (Å²) >= 11 is 0. The minimum absolute atomic E-state index is 0.280. The first-order valence-electron chi connectivity index (χ1n) is 6.02. The maximum Gasteiger partial charge on any atom is 0.158 e. The number of nitrogens with zero attached hydrogens (tertiary/aromatic N) is 2. The van der Waals surface area contributed by atoms with Crippen LogP contribution in [0.1, 0.15) is 36.0 Å². The molecule has 1 aromatic rings. The van der Waals surface area contributed by atoms with E-state index >= 15 is 0 Å². The number of imidazole rings is 1. The van der Waals surface area contributed by atoms with E-state index < -0.39 is 15.1 Å². The molecule has 0 aliphatic carbocycles. The Hall–Kier alpha value is -0.880. The Balaban J connectivity index is 1.95. The van der Waals surface area contributed by atoms with E-state index in [2.05, 4.69) is 4.98 Å². The summed E-state index contributed by atoms with van der Waals surface area (Å²) in [6.45, 7) is 0.537. The van der Waals surface area contributed by atoms with E-state index in [9.17, 15) is 13.5 Å². The zero-order chi connectivity index (χ0) is 12.0. The van der Waals surface area contributed by atoms with Gasteiger partial charge in [-0.3, -0.25) is 0 Å². The molecule has 0 amide bonds. The van der Waals surface area contributed by atoms with Crippen LogP contribution in [0.5, 0.6) is 0 Å². The number of aliphatic hydroxyl groups is 1. The molecule has 0 aromatic carbocycles. The molecule has 0 bridgehead atoms. The molecule has 0 radical (unpaired) electrons. The molecule has 94 valence electrons. The summed E-state index contributed by atoms with van der Waals surface area (Å²) in [4.78, 5) is 4.44. The molecule has 17 heavy (non-hydrogen) atoms. The third-order valence-electron chi connectivity index (χ3n) is 3.64. The number of aliphatic hydroxyl groups excluding tert-OH is 1. The smallest absolute Gasteiger partial charge is 0.158 e. The second-order valence-electron chi connectivity index (χ2n) is 4.92. The van der Waals surface area contributed by atoms with Crippen molar-refractivity contribution >= 4 is 9.84 Å². The van der Waals surface area contributed by atoms with E-state index in [0.717, 1.165) is 18.7 Å². The van der Waals surface area contributed by atoms with Gasteiger partial charge in [-0.25, -0.2) is 13.4 Å². The van der Waals surface area contributed by atoms with Crippen molar-refractivity contribution in [3.05, 3.63) is 17.7 Å². The van der Waals surface area contributed by atoms with Crippen LogP contribution in [-0.2, 0) is 22.8 Å². The molecule has 3 rings (SSSR count). The summed E-state index contributed by atoms with van der Waals surface area (Å²) in [5.41, 5.74) is 0.673. The van der Waals surface area contributed by atoms with Gasteiger partial charge in [-0.1, -0.05) is 0 Å². The number of aromatic nitrogens is 2. The van der Waals surface area contributed by atoms with Gasteiger partial charge in [-0.2, -0.15) is 0 Å². The lowest BCUT2D eigenvalue weighted by Crippen LogP contribution is -2.23. The minimum Gasteiger partial charge on any atom is -0.391 e. The summed E-state index contributed by atoms with van der Waals surface area (Å²) in [7, 11) is -2.99. The Morgan fingerprint density at radius 2 is 2.24 bits per heavy atom. The first-order valence-corrected chi connectivity index (χ1v) is 7.73. The topological polar surface area (TPSA) is 72.2 Å². The molecule has 2 atom stereocenters. The Morgan fingerprint density at radius 3 is 2.94 bits per heavy atom. The Bertz CT molecular complexity index is 535. The molecule has 1 N–H and O–H groups in total. The fraction of sp³-hybridized carbons (Fsp3) is 0.727. The molecule has 1 aromatic heterocycles. The molecule has 0 spiro atoms. The van der Waals surface area contributed by atoms with Gasteiger partial charge in [-0.15, -0.1) is 0 Å². The highest BCUT2D eigenvalue weighted by molar-refractivity contribution is 7.91. The highest BCUT2D eigenvalue weighted by atomic mass is 32.2. The van der Waals surface area contributed by atoms with E-state index in [-0.39, 0.29) is 11.9 Å². The molecule has 2 aliphatic rings. The Labute approximate surface area is 100 Å². The molecule has 2 unspecified atom stereocenters. The predicted octanol–water partition coefficient (Wildman–Crippen LogP) is 0.440. The van der Waals surface area contributed by atoms with E-state index in [0.29, 0.717) is 25.1 Å². The highest BCUT2D eigenvalue weighted by Crippen LogP contribution is 2.34. The maximum atomic E-state index is 11.8. The van der Waals surface area contributed by atoms with Gasteiger partial charge in [0.15, 0.2) is 9.84 Å². The first kappa shape index (κ1) is 11.2. The van der Waals surface area contributed by atoms with Crippen molar-refractivity contribution in [2.24, 2.45) is 0 Å². The van der Waals surface area contributed by atoms with Crippen LogP contribution in [0.2, 0.25) is 0 Å². The lowest BCUT2D eigenvalue weighted by atomic mass is 10.1. The van der Waals surface area contributed by atoms with Gasteiger partial charge in [0.1, 0.15) is 11.1 Å². The van der Waals surface area contributed by atoms with E-state index in [1.54, 1.807) is 0 Å². The van der Waals surface area contributed by atoms with Gasteiger partial charge in [0.2, 0.25) is 0 Å². The second kappa shape index (κ2) is 3.81. The van der Waals surface area contributed by atoms with Gasteiger partial charge < -0.3 is 9.67 Å². The minimum atomic E-state index is -2.99. The van der Waals surface area contributed by atoms with Gasteiger partial charge in [0.05, 0.1) is 17.6 Å². The molecule has 0 saturated carbocycles. The van der Waals surface area contributed by atoms with E-state index in [1.807, 2.05) is 10.8 Å². The largest absolute Gasteiger partial charge is 0.391 e. The van der Waals surface area contributed by atoms with Crippen LogP contribution in [0.15, 0.2) is 6.20 Å². The quantitative estimate of drug-likeness (QED) is 0.791. The summed E-state index contributed by atoms with van der Waals surface area (Å²) in [6.07, 6.45) is 4.34. The van der Waals surface area contributed by atoms with Gasteiger partial charge in [0.25, 0.3) is 0 Å². The molecule has 6 heteroatoms. The number of hydrogen-bond donors (Lipinski definition) is 1. The Morgan fingerprint density at radius 1 is 1.41 bits per heavy atom. The monoisotopic (exact) mass is 256 g/mol. The summed E-state index contributed by atoms with van der Waals surface area (Å²) < 4.78 is 25.6. The van der Waals surface area contributed by atoms with Crippen LogP contribution in [0, 0.1) is 0 Å². The van der Waals surface area contributed by atoms with Crippen LogP contribution in [0.3, 0.4) is 0 Å². The molecular formula is C11H16N2O3S. The van der Waals surface area contributed by atoms with E-state index in [1.165, 1.54) is 0 Å². The number of aryl methyl sites for hydroxylation is 1. The van der Waals surface area contributed by atoms with Crippen molar-refractivity contribution in [2.75, 3.05) is 5.75 Å². The average Bonchev–Trinajstić information content (AvgIpc) is 2.79. The molecule has 1 fully saturated rings. The van der Waals surface area contributed by atoms with Crippen LogP contribution >= 0.6 is 0 Å². The highest BCUT2D eigenvalue weighted by Gasteiger charge is 2.35. The van der Waals surface area contributed by atoms with Crippen molar-refractivity contribution in [2.45, 2.75) is 43.6 Å². The SMILES string of the molecule is O=S1(=O)CCCC1c1cn2c(n1)CCC(O)C2. The van der Waals surface area contributed by atoms with Gasteiger partial charge in [0, 0.05) is 19.2 Å². The van der Waals surface area contributed by atoms with Crippen molar-refractivity contribution in [3.63, 3.8) is 0 Å². The van der Waals surface area contributed by atoms with Crippen LogP contribution in [0.25, 0.3) is 0 Å². The summed E-state index contributed by atoms with van der Waals surface area (Å²) in [5.74, 6) is 1.19. The summed E-state index contributed by atoms with van der Waals surface area (Å²) in [6, 6.07) is 0. The molecule has 3 heterocycles. The fourth-order valence-corrected chi connectivity index (χ4v) is 4.59. The van der Waals surface area contributed by atoms with Crippen molar-refractivity contribution < 1.29 is 13.5 Å². The van der Waals surface area contributed by atoms with Gasteiger partial charge >= 0.3 is 0 Å². The lowest BCUT2D eigenvalue weighted by Gasteiger charge is -2.18. The van der Waals surface area contributed by atoms with Crippen LogP contribution in [-0.4, -0.2) is 34.9 Å². The zero-order valence-electron chi connectivity index (χ0n) is 9.54. The fourth-order valence-electron chi connectivity index (χ4n) is 2.73. The number of fused-ring (bicyclic) bond motifs is 1. The van der Waals surface area contributed by atoms with Crippen molar-refractivity contribution in [1.82, 2.24) is 9.55 Å². The molecule has 1 saturated heterocycles. The summed E-state index contributed by atoms with van der Waals surface area (Å²) in [5, 5.41) is 9.15. The van der Waals surface area contributed by atoms with Crippen molar-refractivity contribution in [1.29, 1.82) is 0 Å². The number of sulfone groups is 1. The van der Waals surface area contributed by atoms with Crippen molar-refractivity contribution in [3.8, 4) is 0 Å². The zero-order valence-corrected chi connectivity index (χ0v) is 10.4. The van der Waals surface area contributed by atoms with Crippen LogP contribution < -0.4 is 0 Å². The predicted molar refractivity (Wildman–Crippen MR) is 62.3 cm³/mol. The molecule has 2 aliphatic heterocycles. The maximum absolute atomic E-state index is 11.8.